The van der Waals surface area contributed by atoms with Gasteiger partial charge in [0.25, 0.3) is 5.91 Å². The number of nitrogens with zero attached hydrogens (tertiary/aromatic N) is 1. The van der Waals surface area contributed by atoms with Gasteiger partial charge in [0.05, 0.1) is 11.1 Å². The van der Waals surface area contributed by atoms with E-state index >= 15 is 0 Å². The van der Waals surface area contributed by atoms with Gasteiger partial charge in [-0.25, -0.2) is 8.78 Å². The third-order valence-electron chi connectivity index (χ3n) is 7.25. The number of likely N-dealkylation sites (tertiary alicyclic amines) is 1. The maximum atomic E-state index is 14.7. The summed E-state index contributed by atoms with van der Waals surface area (Å²) in [5.41, 5.74) is 1.26. The summed E-state index contributed by atoms with van der Waals surface area (Å²) in [7, 11) is 0. The molecule has 3 aromatic rings. The quantitative estimate of drug-likeness (QED) is 0.299. The van der Waals surface area contributed by atoms with Crippen molar-refractivity contribution in [2.45, 2.75) is 38.3 Å². The predicted octanol–water partition coefficient (Wildman–Crippen LogP) is 5.97. The van der Waals surface area contributed by atoms with Gasteiger partial charge in [-0.1, -0.05) is 61.0 Å². The Hall–Kier alpha value is -3.58. The van der Waals surface area contributed by atoms with Crippen molar-refractivity contribution in [2.24, 2.45) is 11.8 Å². The van der Waals surface area contributed by atoms with Crippen molar-refractivity contribution >= 4 is 29.2 Å². The van der Waals surface area contributed by atoms with Crippen molar-refractivity contribution in [2.75, 3.05) is 6.54 Å². The fraction of sp³-hybridized carbons (Fsp3) is 0.300. The number of hydrogen-bond donors (Lipinski definition) is 1. The van der Waals surface area contributed by atoms with E-state index in [-0.39, 0.29) is 34.1 Å². The Labute approximate surface area is 224 Å². The molecule has 3 aromatic carbocycles. The third-order valence-corrected chi connectivity index (χ3v) is 7.54. The van der Waals surface area contributed by atoms with Gasteiger partial charge in [0.2, 0.25) is 5.91 Å². The summed E-state index contributed by atoms with van der Waals surface area (Å²) < 4.78 is 28.9. The van der Waals surface area contributed by atoms with Gasteiger partial charge < -0.3 is 10.2 Å². The van der Waals surface area contributed by atoms with Crippen LogP contribution >= 0.6 is 11.6 Å². The minimum absolute atomic E-state index is 0.0160. The van der Waals surface area contributed by atoms with Crippen molar-refractivity contribution in [1.29, 1.82) is 0 Å². The summed E-state index contributed by atoms with van der Waals surface area (Å²) in [4.78, 5) is 41.5. The van der Waals surface area contributed by atoms with Crippen LogP contribution in [0.1, 0.15) is 64.1 Å². The van der Waals surface area contributed by atoms with Crippen LogP contribution in [0.5, 0.6) is 0 Å². The highest BCUT2D eigenvalue weighted by atomic mass is 35.5. The number of amides is 2. The zero-order valence-corrected chi connectivity index (χ0v) is 21.6. The maximum absolute atomic E-state index is 14.7. The summed E-state index contributed by atoms with van der Waals surface area (Å²) in [6.07, 6.45) is 2.00. The molecule has 0 bridgehead atoms. The minimum atomic E-state index is -0.771. The van der Waals surface area contributed by atoms with Gasteiger partial charge in [-0.2, -0.15) is 0 Å². The molecule has 0 unspecified atom stereocenters. The van der Waals surface area contributed by atoms with Gasteiger partial charge in [-0.15, -0.1) is 0 Å². The Morgan fingerprint density at radius 2 is 1.61 bits per heavy atom. The first-order valence-electron chi connectivity index (χ1n) is 12.7. The molecule has 0 aromatic heterocycles. The highest BCUT2D eigenvalue weighted by Crippen LogP contribution is 2.43. The van der Waals surface area contributed by atoms with Crippen LogP contribution in [0.2, 0.25) is 5.02 Å². The average Bonchev–Trinajstić information content (AvgIpc) is 3.69. The minimum Gasteiger partial charge on any atom is -0.347 e. The Kier molecular flexibility index (Phi) is 7.30. The summed E-state index contributed by atoms with van der Waals surface area (Å²) in [5.74, 6) is -2.35. The van der Waals surface area contributed by atoms with Crippen molar-refractivity contribution in [3.05, 3.63) is 106 Å². The number of benzene rings is 3. The summed E-state index contributed by atoms with van der Waals surface area (Å²) in [6, 6.07) is 15.8. The number of nitrogens with one attached hydrogen (secondary N) is 1. The number of rotatable bonds is 7. The van der Waals surface area contributed by atoms with Crippen LogP contribution in [0.15, 0.2) is 66.7 Å². The Morgan fingerprint density at radius 3 is 2.32 bits per heavy atom. The van der Waals surface area contributed by atoms with E-state index < -0.39 is 29.6 Å². The molecule has 2 aliphatic rings. The summed E-state index contributed by atoms with van der Waals surface area (Å²) in [6.45, 7) is 2.32. The Bertz CT molecular complexity index is 1390. The Morgan fingerprint density at radius 1 is 0.921 bits per heavy atom. The van der Waals surface area contributed by atoms with Crippen LogP contribution in [0.3, 0.4) is 0 Å². The number of hydrogen-bond acceptors (Lipinski definition) is 3. The molecule has 1 saturated heterocycles. The first-order chi connectivity index (χ1) is 18.2. The second-order valence-corrected chi connectivity index (χ2v) is 10.6. The van der Waals surface area contributed by atoms with Crippen LogP contribution in [0, 0.1) is 23.5 Å². The van der Waals surface area contributed by atoms with Crippen LogP contribution in [0.4, 0.5) is 8.78 Å². The molecule has 196 valence electrons. The fourth-order valence-corrected chi connectivity index (χ4v) is 5.29. The van der Waals surface area contributed by atoms with E-state index in [1.54, 1.807) is 48.5 Å². The standard InChI is InChI=1S/C30H27ClF2N2O3/c1-17-12-26(29(37)34-27(18-10-11-18)22-14-25(33)23(31)15-24(22)32)35(16-17)30(38)21-9-5-8-20(13-21)28(36)19-6-3-2-4-7-19/h2-9,13-15,17-18,26-27H,10-12,16H2,1H3,(H,34,37)/t17-,26-,27-/m1/s1. The largest absolute Gasteiger partial charge is 0.347 e. The van der Waals surface area contributed by atoms with Gasteiger partial charge in [0.1, 0.15) is 17.7 Å². The zero-order chi connectivity index (χ0) is 27.0. The van der Waals surface area contributed by atoms with E-state index in [0.29, 0.717) is 29.7 Å². The fourth-order valence-electron chi connectivity index (χ4n) is 5.14. The van der Waals surface area contributed by atoms with Gasteiger partial charge in [-0.3, -0.25) is 14.4 Å². The first kappa shape index (κ1) is 26.0. The average molecular weight is 537 g/mol. The normalized spacial score (nSPS) is 19.7. The van der Waals surface area contributed by atoms with E-state index in [2.05, 4.69) is 5.32 Å². The number of halogens is 3. The number of carbonyl (C=O) groups excluding carboxylic acids is 3. The topological polar surface area (TPSA) is 66.5 Å². The summed E-state index contributed by atoms with van der Waals surface area (Å²) >= 11 is 5.72. The molecule has 0 spiro atoms. The lowest BCUT2D eigenvalue weighted by molar-refractivity contribution is -0.125. The molecule has 1 heterocycles. The smallest absolute Gasteiger partial charge is 0.254 e. The third kappa shape index (κ3) is 5.34. The molecule has 3 atom stereocenters. The molecule has 1 aliphatic carbocycles. The number of ketones is 1. The molecular weight excluding hydrogens is 510 g/mol. The maximum Gasteiger partial charge on any atom is 0.254 e. The lowest BCUT2D eigenvalue weighted by Crippen LogP contribution is -2.47. The van der Waals surface area contributed by atoms with Gasteiger partial charge in [0, 0.05) is 28.8 Å². The first-order valence-corrected chi connectivity index (χ1v) is 13.1. The van der Waals surface area contributed by atoms with E-state index in [4.69, 9.17) is 11.6 Å². The van der Waals surface area contributed by atoms with Crippen LogP contribution in [-0.4, -0.2) is 35.1 Å². The highest BCUT2D eigenvalue weighted by Gasteiger charge is 2.42. The molecule has 5 rings (SSSR count). The second kappa shape index (κ2) is 10.7. The molecule has 8 heteroatoms. The van der Waals surface area contributed by atoms with Crippen molar-refractivity contribution in [3.8, 4) is 0 Å². The van der Waals surface area contributed by atoms with E-state index in [1.807, 2.05) is 13.0 Å². The SMILES string of the molecule is C[C@@H]1C[C@H](C(=O)N[C@@H](c2cc(F)c(Cl)cc2F)C2CC2)N(C(=O)c2cccc(C(=O)c3ccccc3)c2)C1. The lowest BCUT2D eigenvalue weighted by atomic mass is 9.99. The monoisotopic (exact) mass is 536 g/mol. The van der Waals surface area contributed by atoms with E-state index in [1.165, 1.54) is 4.90 Å². The predicted molar refractivity (Wildman–Crippen MR) is 140 cm³/mol. The van der Waals surface area contributed by atoms with E-state index in [0.717, 1.165) is 25.0 Å². The molecule has 5 nitrogen and oxygen atoms in total. The van der Waals surface area contributed by atoms with Crippen molar-refractivity contribution in [1.82, 2.24) is 10.2 Å². The van der Waals surface area contributed by atoms with Gasteiger partial charge in [-0.05, 0) is 55.4 Å². The lowest BCUT2D eigenvalue weighted by Gasteiger charge is -2.27. The number of carbonyl (C=O) groups is 3. The van der Waals surface area contributed by atoms with E-state index in [9.17, 15) is 23.2 Å². The Balaban J connectivity index is 1.37. The summed E-state index contributed by atoms with van der Waals surface area (Å²) in [5, 5.41) is 2.58. The molecule has 1 N–H and O–H groups in total. The molecule has 1 aliphatic heterocycles. The zero-order valence-electron chi connectivity index (χ0n) is 20.8. The highest BCUT2D eigenvalue weighted by molar-refractivity contribution is 6.30. The van der Waals surface area contributed by atoms with Gasteiger partial charge in [0.15, 0.2) is 5.78 Å². The molecule has 2 fully saturated rings. The van der Waals surface area contributed by atoms with Crippen molar-refractivity contribution < 1.29 is 23.2 Å². The molecule has 2 amide bonds. The van der Waals surface area contributed by atoms with Crippen molar-refractivity contribution in [3.63, 3.8) is 0 Å². The van der Waals surface area contributed by atoms with Crippen LogP contribution < -0.4 is 5.32 Å². The molecule has 1 saturated carbocycles. The molecule has 0 radical (unpaired) electrons. The molecular formula is C30H27ClF2N2O3. The van der Waals surface area contributed by atoms with Gasteiger partial charge >= 0.3 is 0 Å². The second-order valence-electron chi connectivity index (χ2n) is 10.2. The van der Waals surface area contributed by atoms with Crippen LogP contribution in [-0.2, 0) is 4.79 Å². The molecule has 38 heavy (non-hydrogen) atoms. The van der Waals surface area contributed by atoms with Crippen LogP contribution in [0.25, 0.3) is 0 Å².